The van der Waals surface area contributed by atoms with Crippen LogP contribution < -0.4 is 0 Å². The summed E-state index contributed by atoms with van der Waals surface area (Å²) < 4.78 is 41.4. The van der Waals surface area contributed by atoms with Crippen molar-refractivity contribution in [2.75, 3.05) is 0 Å². The quantitative estimate of drug-likeness (QED) is 0.551. The Balaban J connectivity index is 1.83. The van der Waals surface area contributed by atoms with E-state index in [9.17, 15) is 13.2 Å². The molecule has 1 aliphatic carbocycles. The number of rotatable bonds is 5. The molecule has 0 aromatic heterocycles. The first-order valence-electron chi connectivity index (χ1n) is 8.85. The van der Waals surface area contributed by atoms with Gasteiger partial charge in [-0.15, -0.1) is 0 Å². The zero-order valence-corrected chi connectivity index (χ0v) is 14.0. The van der Waals surface area contributed by atoms with Crippen LogP contribution in [0.15, 0.2) is 30.3 Å². The molecule has 2 aromatic carbocycles. The van der Waals surface area contributed by atoms with Gasteiger partial charge in [0.25, 0.3) is 0 Å². The third-order valence-electron chi connectivity index (χ3n) is 5.10. The van der Waals surface area contributed by atoms with Gasteiger partial charge in [0.2, 0.25) is 0 Å². The molecular formula is C21H23F3. The average molecular weight is 332 g/mol. The highest BCUT2D eigenvalue weighted by Crippen LogP contribution is 2.35. The van der Waals surface area contributed by atoms with Crippen molar-refractivity contribution in [3.05, 3.63) is 58.9 Å². The van der Waals surface area contributed by atoms with Crippen LogP contribution in [0.25, 0.3) is 11.1 Å². The lowest BCUT2D eigenvalue weighted by molar-refractivity contribution is 0.402. The maximum absolute atomic E-state index is 14.9. The highest BCUT2D eigenvalue weighted by Gasteiger charge is 2.23. The van der Waals surface area contributed by atoms with Gasteiger partial charge in [-0.3, -0.25) is 0 Å². The minimum atomic E-state index is -0.944. The molecule has 3 rings (SSSR count). The maximum atomic E-state index is 14.9. The summed E-state index contributed by atoms with van der Waals surface area (Å²) in [5.41, 5.74) is 2.58. The molecule has 128 valence electrons. The van der Waals surface area contributed by atoms with Gasteiger partial charge in [0.1, 0.15) is 5.82 Å². The van der Waals surface area contributed by atoms with Crippen LogP contribution in [-0.4, -0.2) is 0 Å². The number of halogens is 3. The summed E-state index contributed by atoms with van der Waals surface area (Å²) in [5.74, 6) is -1.49. The van der Waals surface area contributed by atoms with Gasteiger partial charge in [0.05, 0.1) is 0 Å². The molecule has 1 aliphatic rings. The fourth-order valence-corrected chi connectivity index (χ4v) is 3.70. The van der Waals surface area contributed by atoms with E-state index in [4.69, 9.17) is 0 Å². The standard InChI is InChI=1S/C21H23F3/c1-2-3-4-5-14-6-9-17-15(12-14)7-10-18(21(17)24)16-8-11-19(22)20(23)13-16/h7-8,10-11,13-14H,2-6,9,12H2,1H3. The van der Waals surface area contributed by atoms with E-state index in [0.29, 0.717) is 17.0 Å². The Hall–Kier alpha value is -1.77. The van der Waals surface area contributed by atoms with Gasteiger partial charge in [-0.1, -0.05) is 50.8 Å². The first-order valence-corrected chi connectivity index (χ1v) is 8.85. The topological polar surface area (TPSA) is 0 Å². The molecule has 0 aliphatic heterocycles. The highest BCUT2D eigenvalue weighted by molar-refractivity contribution is 5.66. The first-order chi connectivity index (χ1) is 11.6. The van der Waals surface area contributed by atoms with Crippen molar-refractivity contribution in [1.29, 1.82) is 0 Å². The summed E-state index contributed by atoms with van der Waals surface area (Å²) >= 11 is 0. The molecular weight excluding hydrogens is 309 g/mol. The average Bonchev–Trinajstić information content (AvgIpc) is 2.58. The molecule has 0 saturated carbocycles. The number of benzene rings is 2. The van der Waals surface area contributed by atoms with Crippen LogP contribution in [0.2, 0.25) is 0 Å². The van der Waals surface area contributed by atoms with Gasteiger partial charge in [0, 0.05) is 5.56 Å². The van der Waals surface area contributed by atoms with E-state index in [1.165, 1.54) is 31.7 Å². The third kappa shape index (κ3) is 3.50. The Morgan fingerprint density at radius 2 is 1.83 bits per heavy atom. The van der Waals surface area contributed by atoms with Gasteiger partial charge in [0.15, 0.2) is 11.6 Å². The second kappa shape index (κ2) is 7.42. The van der Waals surface area contributed by atoms with Crippen molar-refractivity contribution in [3.8, 4) is 11.1 Å². The van der Waals surface area contributed by atoms with E-state index >= 15 is 0 Å². The van der Waals surface area contributed by atoms with Gasteiger partial charge < -0.3 is 0 Å². The number of hydrogen-bond acceptors (Lipinski definition) is 0. The van der Waals surface area contributed by atoms with Crippen molar-refractivity contribution in [2.24, 2.45) is 5.92 Å². The van der Waals surface area contributed by atoms with E-state index in [0.717, 1.165) is 42.5 Å². The monoisotopic (exact) mass is 332 g/mol. The summed E-state index contributed by atoms with van der Waals surface area (Å²) in [4.78, 5) is 0. The predicted octanol–water partition coefficient (Wildman–Crippen LogP) is 6.46. The Morgan fingerprint density at radius 1 is 1.00 bits per heavy atom. The summed E-state index contributed by atoms with van der Waals surface area (Å²) in [6.45, 7) is 2.20. The van der Waals surface area contributed by atoms with Gasteiger partial charge in [-0.25, -0.2) is 13.2 Å². The Kier molecular flexibility index (Phi) is 5.27. The smallest absolute Gasteiger partial charge is 0.159 e. The van der Waals surface area contributed by atoms with Crippen molar-refractivity contribution < 1.29 is 13.2 Å². The minimum absolute atomic E-state index is 0.273. The Bertz CT molecular complexity index is 721. The molecule has 1 atom stereocenters. The lowest BCUT2D eigenvalue weighted by Gasteiger charge is -2.26. The molecule has 24 heavy (non-hydrogen) atoms. The molecule has 0 saturated heterocycles. The molecule has 0 N–H and O–H groups in total. The summed E-state index contributed by atoms with van der Waals surface area (Å²) in [5, 5.41) is 0. The van der Waals surface area contributed by atoms with Gasteiger partial charge >= 0.3 is 0 Å². The van der Waals surface area contributed by atoms with Crippen LogP contribution in [0.3, 0.4) is 0 Å². The minimum Gasteiger partial charge on any atom is -0.206 e. The fraction of sp³-hybridized carbons (Fsp3) is 0.429. The van der Waals surface area contributed by atoms with Crippen LogP contribution in [0, 0.1) is 23.4 Å². The highest BCUT2D eigenvalue weighted by atomic mass is 19.2. The number of unbranched alkanes of at least 4 members (excludes halogenated alkanes) is 2. The van der Waals surface area contributed by atoms with E-state index < -0.39 is 11.6 Å². The molecule has 0 fully saturated rings. The van der Waals surface area contributed by atoms with E-state index in [2.05, 4.69) is 6.92 Å². The maximum Gasteiger partial charge on any atom is 0.159 e. The van der Waals surface area contributed by atoms with E-state index in [1.54, 1.807) is 6.07 Å². The molecule has 0 spiro atoms. The van der Waals surface area contributed by atoms with Crippen LogP contribution in [-0.2, 0) is 12.8 Å². The molecule has 0 nitrogen and oxygen atoms in total. The van der Waals surface area contributed by atoms with Gasteiger partial charge in [-0.2, -0.15) is 0 Å². The van der Waals surface area contributed by atoms with Crippen LogP contribution in [0.4, 0.5) is 13.2 Å². The van der Waals surface area contributed by atoms with Crippen molar-refractivity contribution in [3.63, 3.8) is 0 Å². The molecule has 0 radical (unpaired) electrons. The third-order valence-corrected chi connectivity index (χ3v) is 5.10. The SMILES string of the molecule is CCCCCC1CCc2c(ccc(-c3ccc(F)c(F)c3)c2F)C1. The largest absolute Gasteiger partial charge is 0.206 e. The number of fused-ring (bicyclic) bond motifs is 1. The van der Waals surface area contributed by atoms with E-state index in [1.807, 2.05) is 6.07 Å². The summed E-state index contributed by atoms with van der Waals surface area (Å²) in [6, 6.07) is 7.21. The second-order valence-electron chi connectivity index (χ2n) is 6.80. The Labute approximate surface area is 141 Å². The van der Waals surface area contributed by atoms with Crippen LogP contribution in [0.1, 0.15) is 50.2 Å². The second-order valence-corrected chi connectivity index (χ2v) is 6.80. The van der Waals surface area contributed by atoms with Crippen molar-refractivity contribution in [2.45, 2.75) is 51.9 Å². The summed E-state index contributed by atoms with van der Waals surface area (Å²) in [7, 11) is 0. The molecule has 1 unspecified atom stereocenters. The zero-order valence-electron chi connectivity index (χ0n) is 14.0. The predicted molar refractivity (Wildman–Crippen MR) is 91.4 cm³/mol. The molecule has 0 heterocycles. The van der Waals surface area contributed by atoms with Crippen molar-refractivity contribution in [1.82, 2.24) is 0 Å². The lowest BCUT2D eigenvalue weighted by atomic mass is 9.80. The fourth-order valence-electron chi connectivity index (χ4n) is 3.70. The Morgan fingerprint density at radius 3 is 2.58 bits per heavy atom. The normalized spacial score (nSPS) is 16.9. The molecule has 2 aromatic rings. The van der Waals surface area contributed by atoms with Crippen LogP contribution in [0.5, 0.6) is 0 Å². The molecule has 3 heteroatoms. The van der Waals surface area contributed by atoms with Crippen LogP contribution >= 0.6 is 0 Å². The first kappa shape index (κ1) is 17.1. The lowest BCUT2D eigenvalue weighted by Crippen LogP contribution is -2.16. The zero-order chi connectivity index (χ0) is 17.1. The van der Waals surface area contributed by atoms with Gasteiger partial charge in [-0.05, 0) is 54.0 Å². The van der Waals surface area contributed by atoms with Crippen molar-refractivity contribution >= 4 is 0 Å². The number of hydrogen-bond donors (Lipinski definition) is 0. The molecule has 0 bridgehead atoms. The summed E-state index contributed by atoms with van der Waals surface area (Å²) in [6.07, 6.45) is 7.59. The molecule has 0 amide bonds. The van der Waals surface area contributed by atoms with E-state index in [-0.39, 0.29) is 5.82 Å².